The molecule has 0 saturated heterocycles. The molecule has 0 amide bonds. The lowest BCUT2D eigenvalue weighted by atomic mass is 10.2. The average Bonchev–Trinajstić information content (AvgIpc) is 2.83. The van der Waals surface area contributed by atoms with Crippen LogP contribution in [-0.2, 0) is 0 Å². The number of carbonyl (C=O) groups is 1. The molecular formula is C13H8Cl2N4O2. The lowest BCUT2D eigenvalue weighted by molar-refractivity contribution is 0.0697. The van der Waals surface area contributed by atoms with E-state index in [0.29, 0.717) is 32.8 Å². The second kappa shape index (κ2) is 5.23. The summed E-state index contributed by atoms with van der Waals surface area (Å²) in [4.78, 5) is 22.2. The summed E-state index contributed by atoms with van der Waals surface area (Å²) in [7, 11) is 0. The van der Waals surface area contributed by atoms with E-state index in [0.717, 1.165) is 0 Å². The number of carboxylic acids is 1. The quantitative estimate of drug-likeness (QED) is 0.683. The fourth-order valence-corrected chi connectivity index (χ4v) is 2.25. The minimum atomic E-state index is -0.997. The fourth-order valence-electron chi connectivity index (χ4n) is 1.82. The standard InChI is InChI=1S/C13H8Cl2N4O2/c14-7-4-8(15)11(16-5-7)19-13-17-9-2-1-6(12(20)21)3-10(9)18-13/h1-5H,(H,20,21)(H2,16,17,18,19). The van der Waals surface area contributed by atoms with Crippen molar-refractivity contribution in [1.29, 1.82) is 0 Å². The van der Waals surface area contributed by atoms with Gasteiger partial charge in [0.05, 0.1) is 26.6 Å². The number of fused-ring (bicyclic) bond motifs is 1. The Hall–Kier alpha value is -2.31. The Labute approximate surface area is 128 Å². The van der Waals surface area contributed by atoms with Gasteiger partial charge in [-0.2, -0.15) is 0 Å². The minimum Gasteiger partial charge on any atom is -0.478 e. The SMILES string of the molecule is O=C(O)c1ccc2nc(Nc3ncc(Cl)cc3Cl)[nH]c2c1. The van der Waals surface area contributed by atoms with Crippen LogP contribution in [0.25, 0.3) is 11.0 Å². The van der Waals surface area contributed by atoms with Crippen molar-refractivity contribution in [2.75, 3.05) is 5.32 Å². The first kappa shape index (κ1) is 13.7. The highest BCUT2D eigenvalue weighted by Gasteiger charge is 2.09. The van der Waals surface area contributed by atoms with Gasteiger partial charge in [-0.3, -0.25) is 0 Å². The van der Waals surface area contributed by atoms with Gasteiger partial charge in [-0.15, -0.1) is 0 Å². The van der Waals surface area contributed by atoms with Gasteiger partial charge in [0, 0.05) is 6.20 Å². The number of aromatic nitrogens is 3. The number of pyridine rings is 1. The number of carboxylic acid groups (broad SMARTS) is 1. The van der Waals surface area contributed by atoms with Crippen LogP contribution in [0.1, 0.15) is 10.4 Å². The number of hydrogen-bond donors (Lipinski definition) is 3. The highest BCUT2D eigenvalue weighted by atomic mass is 35.5. The maximum absolute atomic E-state index is 10.9. The van der Waals surface area contributed by atoms with Crippen molar-refractivity contribution in [2.24, 2.45) is 0 Å². The molecular weight excluding hydrogens is 315 g/mol. The maximum atomic E-state index is 10.9. The van der Waals surface area contributed by atoms with Gasteiger partial charge < -0.3 is 15.4 Å². The summed E-state index contributed by atoms with van der Waals surface area (Å²) >= 11 is 11.8. The third-order valence-corrected chi connectivity index (χ3v) is 3.27. The van der Waals surface area contributed by atoms with Crippen molar-refractivity contribution in [3.63, 3.8) is 0 Å². The Kier molecular flexibility index (Phi) is 3.40. The predicted molar refractivity (Wildman–Crippen MR) is 80.6 cm³/mol. The average molecular weight is 323 g/mol. The maximum Gasteiger partial charge on any atom is 0.335 e. The fraction of sp³-hybridized carbons (Fsp3) is 0. The molecule has 3 N–H and O–H groups in total. The number of anilines is 2. The number of benzene rings is 1. The van der Waals surface area contributed by atoms with Crippen molar-refractivity contribution >= 4 is 52.0 Å². The molecule has 3 aromatic rings. The lowest BCUT2D eigenvalue weighted by Crippen LogP contribution is -1.96. The van der Waals surface area contributed by atoms with E-state index in [-0.39, 0.29) is 5.56 Å². The van der Waals surface area contributed by atoms with Crippen LogP contribution in [0.15, 0.2) is 30.5 Å². The van der Waals surface area contributed by atoms with Crippen molar-refractivity contribution in [2.45, 2.75) is 0 Å². The number of rotatable bonds is 3. The monoisotopic (exact) mass is 322 g/mol. The number of hydrogen-bond acceptors (Lipinski definition) is 4. The van der Waals surface area contributed by atoms with Gasteiger partial charge in [-0.05, 0) is 24.3 Å². The van der Waals surface area contributed by atoms with Crippen molar-refractivity contribution in [3.05, 3.63) is 46.1 Å². The Bertz CT molecular complexity index is 847. The van der Waals surface area contributed by atoms with E-state index in [4.69, 9.17) is 28.3 Å². The molecule has 3 rings (SSSR count). The molecule has 2 aromatic heterocycles. The second-order valence-corrected chi connectivity index (χ2v) is 5.08. The molecule has 1 aromatic carbocycles. The van der Waals surface area contributed by atoms with Gasteiger partial charge in [-0.1, -0.05) is 23.2 Å². The summed E-state index contributed by atoms with van der Waals surface area (Å²) in [5.74, 6) is -0.189. The molecule has 0 atom stereocenters. The normalized spacial score (nSPS) is 10.8. The lowest BCUT2D eigenvalue weighted by Gasteiger charge is -2.03. The van der Waals surface area contributed by atoms with Gasteiger partial charge in [0.1, 0.15) is 0 Å². The van der Waals surface area contributed by atoms with Gasteiger partial charge in [0.2, 0.25) is 5.95 Å². The van der Waals surface area contributed by atoms with E-state index in [9.17, 15) is 4.79 Å². The molecule has 0 spiro atoms. The number of H-pyrrole nitrogens is 1. The zero-order valence-corrected chi connectivity index (χ0v) is 11.9. The number of halogens is 2. The smallest absolute Gasteiger partial charge is 0.335 e. The van der Waals surface area contributed by atoms with E-state index in [1.165, 1.54) is 18.3 Å². The van der Waals surface area contributed by atoms with Gasteiger partial charge >= 0.3 is 5.97 Å². The molecule has 0 saturated carbocycles. The van der Waals surface area contributed by atoms with E-state index in [1.807, 2.05) is 0 Å². The molecule has 0 unspecified atom stereocenters. The molecule has 6 nitrogen and oxygen atoms in total. The van der Waals surface area contributed by atoms with Crippen molar-refractivity contribution < 1.29 is 9.90 Å². The zero-order chi connectivity index (χ0) is 15.0. The minimum absolute atomic E-state index is 0.181. The van der Waals surface area contributed by atoms with Gasteiger partial charge in [0.15, 0.2) is 5.82 Å². The summed E-state index contributed by atoms with van der Waals surface area (Å²) in [6, 6.07) is 6.18. The summed E-state index contributed by atoms with van der Waals surface area (Å²) < 4.78 is 0. The Morgan fingerprint density at radius 3 is 2.81 bits per heavy atom. The zero-order valence-electron chi connectivity index (χ0n) is 10.4. The van der Waals surface area contributed by atoms with Crippen LogP contribution in [0.5, 0.6) is 0 Å². The number of nitrogens with one attached hydrogen (secondary N) is 2. The van der Waals surface area contributed by atoms with Crippen LogP contribution in [0, 0.1) is 0 Å². The van der Waals surface area contributed by atoms with Crippen LogP contribution >= 0.6 is 23.2 Å². The van der Waals surface area contributed by atoms with E-state index in [1.54, 1.807) is 12.1 Å². The summed E-state index contributed by atoms with van der Waals surface area (Å²) in [5, 5.41) is 12.7. The van der Waals surface area contributed by atoms with Crippen LogP contribution in [-0.4, -0.2) is 26.0 Å². The molecule has 2 heterocycles. The third kappa shape index (κ3) is 2.76. The molecule has 0 bridgehead atoms. The first-order valence-corrected chi connectivity index (χ1v) is 6.59. The largest absolute Gasteiger partial charge is 0.478 e. The molecule has 0 radical (unpaired) electrons. The highest BCUT2D eigenvalue weighted by molar-refractivity contribution is 6.36. The van der Waals surface area contributed by atoms with Crippen LogP contribution < -0.4 is 5.32 Å². The van der Waals surface area contributed by atoms with Crippen LogP contribution in [0.2, 0.25) is 10.0 Å². The summed E-state index contributed by atoms with van der Waals surface area (Å²) in [5.41, 5.74) is 1.41. The molecule has 0 aliphatic heterocycles. The van der Waals surface area contributed by atoms with Gasteiger partial charge in [0.25, 0.3) is 0 Å². The second-order valence-electron chi connectivity index (χ2n) is 4.23. The summed E-state index contributed by atoms with van der Waals surface area (Å²) in [6.07, 6.45) is 1.46. The number of aromatic carboxylic acids is 1. The van der Waals surface area contributed by atoms with Crippen molar-refractivity contribution in [1.82, 2.24) is 15.0 Å². The van der Waals surface area contributed by atoms with Crippen LogP contribution in [0.4, 0.5) is 11.8 Å². The van der Waals surface area contributed by atoms with Gasteiger partial charge in [-0.25, -0.2) is 14.8 Å². The molecule has 21 heavy (non-hydrogen) atoms. The Morgan fingerprint density at radius 2 is 2.10 bits per heavy atom. The van der Waals surface area contributed by atoms with E-state index < -0.39 is 5.97 Å². The molecule has 0 fully saturated rings. The van der Waals surface area contributed by atoms with Crippen molar-refractivity contribution in [3.8, 4) is 0 Å². The predicted octanol–water partition coefficient (Wildman–Crippen LogP) is 3.71. The number of imidazole rings is 1. The summed E-state index contributed by atoms with van der Waals surface area (Å²) in [6.45, 7) is 0. The molecule has 0 aliphatic rings. The number of aromatic amines is 1. The molecule has 8 heteroatoms. The van der Waals surface area contributed by atoms with E-state index in [2.05, 4.69) is 20.3 Å². The first-order valence-electron chi connectivity index (χ1n) is 5.84. The topological polar surface area (TPSA) is 90.9 Å². The first-order chi connectivity index (χ1) is 10.0. The molecule has 106 valence electrons. The molecule has 0 aliphatic carbocycles. The highest BCUT2D eigenvalue weighted by Crippen LogP contribution is 2.25. The third-order valence-electron chi connectivity index (χ3n) is 2.77. The van der Waals surface area contributed by atoms with E-state index >= 15 is 0 Å². The van der Waals surface area contributed by atoms with Crippen LogP contribution in [0.3, 0.4) is 0 Å². The number of nitrogens with zero attached hydrogens (tertiary/aromatic N) is 2. The Balaban J connectivity index is 1.95. The Morgan fingerprint density at radius 1 is 1.29 bits per heavy atom.